The molecule has 9 heteroatoms. The molecule has 1 aromatic rings. The second-order valence-corrected chi connectivity index (χ2v) is 19.3. The third-order valence-electron chi connectivity index (χ3n) is 12.2. The van der Waals surface area contributed by atoms with Gasteiger partial charge >= 0.3 is 23.9 Å². The van der Waals surface area contributed by atoms with Crippen LogP contribution >= 0.6 is 0 Å². The zero-order chi connectivity index (χ0) is 46.6. The maximum absolute atomic E-state index is 13.2. The Labute approximate surface area is 385 Å². The Morgan fingerprint density at radius 2 is 0.937 bits per heavy atom. The molecule has 0 bridgehead atoms. The van der Waals surface area contributed by atoms with Gasteiger partial charge in [0, 0.05) is 37.9 Å². The lowest BCUT2D eigenvalue weighted by Gasteiger charge is -2.29. The largest absolute Gasteiger partial charge is 0.462 e. The number of hydrogen-bond donors (Lipinski definition) is 1. The highest BCUT2D eigenvalue weighted by atomic mass is 16.6. The lowest BCUT2D eigenvalue weighted by atomic mass is 9.78. The topological polar surface area (TPSA) is 125 Å². The Bertz CT molecular complexity index is 1310. The number of benzene rings is 1. The molecular formula is C54H94O9. The van der Waals surface area contributed by atoms with Crippen molar-refractivity contribution in [3.8, 4) is 5.75 Å². The average Bonchev–Trinajstić information content (AvgIpc) is 3.21. The molecule has 0 saturated carbocycles. The van der Waals surface area contributed by atoms with E-state index in [1.54, 1.807) is 6.92 Å². The van der Waals surface area contributed by atoms with Crippen LogP contribution in [-0.4, -0.2) is 54.9 Å². The van der Waals surface area contributed by atoms with Crippen LogP contribution in [-0.2, 0) is 38.8 Å². The highest BCUT2D eigenvalue weighted by Crippen LogP contribution is 2.38. The van der Waals surface area contributed by atoms with Crippen molar-refractivity contribution in [3.05, 3.63) is 28.8 Å². The van der Waals surface area contributed by atoms with E-state index in [2.05, 4.69) is 13.8 Å². The number of aliphatic hydroxyl groups excluding tert-OH is 1. The minimum absolute atomic E-state index is 0.00515. The summed E-state index contributed by atoms with van der Waals surface area (Å²) >= 11 is 0. The molecule has 0 heterocycles. The van der Waals surface area contributed by atoms with Crippen LogP contribution in [0.15, 0.2) is 12.1 Å². The third-order valence-corrected chi connectivity index (χ3v) is 12.2. The molecular weight excluding hydrogens is 793 g/mol. The zero-order valence-corrected chi connectivity index (χ0v) is 41.6. The highest BCUT2D eigenvalue weighted by molar-refractivity contribution is 5.76. The van der Waals surface area contributed by atoms with E-state index in [-0.39, 0.29) is 57.4 Å². The summed E-state index contributed by atoms with van der Waals surface area (Å²) in [4.78, 5) is 51.8. The first kappa shape index (κ1) is 58.1. The summed E-state index contributed by atoms with van der Waals surface area (Å²) in [5.41, 5.74) is 2.39. The van der Waals surface area contributed by atoms with Gasteiger partial charge in [0.2, 0.25) is 0 Å². The van der Waals surface area contributed by atoms with Crippen LogP contribution in [0.25, 0.3) is 0 Å². The van der Waals surface area contributed by atoms with Crippen molar-refractivity contribution in [3.63, 3.8) is 0 Å². The lowest BCUT2D eigenvalue weighted by molar-refractivity contribution is -0.167. The van der Waals surface area contributed by atoms with Crippen molar-refractivity contribution < 1.29 is 43.2 Å². The van der Waals surface area contributed by atoms with E-state index >= 15 is 0 Å². The monoisotopic (exact) mass is 887 g/mol. The average molecular weight is 887 g/mol. The first-order chi connectivity index (χ1) is 30.3. The Morgan fingerprint density at radius 1 is 0.556 bits per heavy atom. The Kier molecular flexibility index (Phi) is 34.4. The SMILES string of the molecule is CCCCCCCCCCCCCCCC(=O)OCC(COC(=O)CCCCCCCCCCCCCCC)OC(=O)CC(C)CC(=O)Oc1cc(C)cc(C)c1C(C)(C)CCO. The summed E-state index contributed by atoms with van der Waals surface area (Å²) in [6.45, 7) is 13.8. The number of rotatable bonds is 41. The molecule has 0 radical (unpaired) electrons. The summed E-state index contributed by atoms with van der Waals surface area (Å²) in [5.74, 6) is -1.70. The van der Waals surface area contributed by atoms with Gasteiger partial charge < -0.3 is 24.1 Å². The predicted octanol–water partition coefficient (Wildman–Crippen LogP) is 14.2. The van der Waals surface area contributed by atoms with Crippen LogP contribution in [0, 0.1) is 19.8 Å². The van der Waals surface area contributed by atoms with Gasteiger partial charge in [-0.05, 0) is 61.6 Å². The van der Waals surface area contributed by atoms with Crippen molar-refractivity contribution >= 4 is 23.9 Å². The van der Waals surface area contributed by atoms with Gasteiger partial charge in [-0.1, -0.05) is 195 Å². The van der Waals surface area contributed by atoms with E-state index in [9.17, 15) is 24.3 Å². The molecule has 63 heavy (non-hydrogen) atoms. The number of carbonyl (C=O) groups excluding carboxylic acids is 4. The van der Waals surface area contributed by atoms with E-state index in [4.69, 9.17) is 18.9 Å². The van der Waals surface area contributed by atoms with Crippen LogP contribution in [0.3, 0.4) is 0 Å². The second kappa shape index (κ2) is 37.3. The fraction of sp³-hybridized carbons (Fsp3) is 0.815. The number of unbranched alkanes of at least 4 members (excludes halogenated alkanes) is 24. The molecule has 0 aliphatic carbocycles. The smallest absolute Gasteiger partial charge is 0.311 e. The van der Waals surface area contributed by atoms with Crippen molar-refractivity contribution in [2.45, 2.75) is 259 Å². The van der Waals surface area contributed by atoms with Gasteiger partial charge in [-0.2, -0.15) is 0 Å². The first-order valence-electron chi connectivity index (χ1n) is 25.8. The molecule has 0 spiro atoms. The summed E-state index contributed by atoms with van der Waals surface area (Å²) in [6.07, 6.45) is 31.7. The molecule has 1 unspecified atom stereocenters. The quantitative estimate of drug-likeness (QED) is 0.0296. The minimum atomic E-state index is -0.950. The number of hydrogen-bond acceptors (Lipinski definition) is 9. The molecule has 1 rings (SSSR count). The maximum Gasteiger partial charge on any atom is 0.311 e. The second-order valence-electron chi connectivity index (χ2n) is 19.3. The Morgan fingerprint density at radius 3 is 1.33 bits per heavy atom. The van der Waals surface area contributed by atoms with Gasteiger partial charge in [-0.25, -0.2) is 0 Å². The van der Waals surface area contributed by atoms with Crippen LogP contribution < -0.4 is 4.74 Å². The summed E-state index contributed by atoms with van der Waals surface area (Å²) in [5, 5.41) is 9.68. The molecule has 0 saturated heterocycles. The Hall–Kier alpha value is -2.94. The van der Waals surface area contributed by atoms with Gasteiger partial charge in [-0.3, -0.25) is 19.2 Å². The number of esters is 4. The molecule has 0 aliphatic heterocycles. The van der Waals surface area contributed by atoms with Crippen molar-refractivity contribution in [1.29, 1.82) is 0 Å². The van der Waals surface area contributed by atoms with E-state index in [0.717, 1.165) is 55.2 Å². The van der Waals surface area contributed by atoms with Gasteiger partial charge in [0.15, 0.2) is 6.10 Å². The third kappa shape index (κ3) is 30.8. The van der Waals surface area contributed by atoms with E-state index in [0.29, 0.717) is 12.2 Å². The highest BCUT2D eigenvalue weighted by Gasteiger charge is 2.28. The minimum Gasteiger partial charge on any atom is -0.462 e. The van der Waals surface area contributed by atoms with Crippen LogP contribution in [0.4, 0.5) is 0 Å². The van der Waals surface area contributed by atoms with E-state index in [1.165, 1.54) is 128 Å². The zero-order valence-electron chi connectivity index (χ0n) is 41.6. The summed E-state index contributed by atoms with van der Waals surface area (Å²) in [7, 11) is 0. The molecule has 0 amide bonds. The molecule has 0 fully saturated rings. The van der Waals surface area contributed by atoms with Gasteiger partial charge in [-0.15, -0.1) is 0 Å². The number of aliphatic hydroxyl groups is 1. The van der Waals surface area contributed by atoms with Crippen LogP contribution in [0.2, 0.25) is 0 Å². The number of carbonyl (C=O) groups is 4. The van der Waals surface area contributed by atoms with Gasteiger partial charge in [0.25, 0.3) is 0 Å². The molecule has 1 aromatic carbocycles. The Balaban J connectivity index is 2.60. The van der Waals surface area contributed by atoms with Crippen molar-refractivity contribution in [2.24, 2.45) is 5.92 Å². The molecule has 364 valence electrons. The van der Waals surface area contributed by atoms with E-state index in [1.807, 2.05) is 39.8 Å². The number of ether oxygens (including phenoxy) is 4. The fourth-order valence-corrected chi connectivity index (χ4v) is 8.53. The van der Waals surface area contributed by atoms with Gasteiger partial charge in [0.1, 0.15) is 19.0 Å². The van der Waals surface area contributed by atoms with Crippen LogP contribution in [0.1, 0.15) is 250 Å². The lowest BCUT2D eigenvalue weighted by Crippen LogP contribution is -2.31. The standard InChI is InChI=1S/C54H94O9/c1-8-10-12-14-16-18-20-22-24-26-28-30-32-34-49(56)60-42-47(43-61-50(57)35-33-31-29-27-25-23-21-19-17-15-13-11-9-2)62-51(58)40-45(4)41-52(59)63-48-39-44(3)38-46(5)53(48)54(6,7)36-37-55/h38-39,45,47,55H,8-37,40-43H2,1-7H3. The molecule has 1 atom stereocenters. The number of aryl methyl sites for hydroxylation is 2. The maximum atomic E-state index is 13.2. The normalized spacial score (nSPS) is 12.1. The van der Waals surface area contributed by atoms with Gasteiger partial charge in [0.05, 0.1) is 0 Å². The molecule has 1 N–H and O–H groups in total. The van der Waals surface area contributed by atoms with Crippen molar-refractivity contribution in [2.75, 3.05) is 19.8 Å². The predicted molar refractivity (Wildman–Crippen MR) is 257 cm³/mol. The first-order valence-corrected chi connectivity index (χ1v) is 25.8. The summed E-state index contributed by atoms with van der Waals surface area (Å²) < 4.78 is 22.7. The molecule has 0 aliphatic rings. The van der Waals surface area contributed by atoms with E-state index < -0.39 is 29.4 Å². The van der Waals surface area contributed by atoms with Crippen LogP contribution in [0.5, 0.6) is 5.75 Å². The molecule has 0 aromatic heterocycles. The molecule has 9 nitrogen and oxygen atoms in total. The summed E-state index contributed by atoms with van der Waals surface area (Å²) in [6, 6.07) is 3.87. The van der Waals surface area contributed by atoms with Crippen molar-refractivity contribution in [1.82, 2.24) is 0 Å². The fourth-order valence-electron chi connectivity index (χ4n) is 8.53.